The van der Waals surface area contributed by atoms with Gasteiger partial charge in [-0.25, -0.2) is 9.37 Å². The van der Waals surface area contributed by atoms with Crippen LogP contribution in [0.3, 0.4) is 0 Å². The molecule has 8 nitrogen and oxygen atoms in total. The molecule has 0 radical (unpaired) electrons. The number of fused-ring (bicyclic) bond motifs is 2. The number of hydrogen-bond acceptors (Lipinski definition) is 6. The van der Waals surface area contributed by atoms with Crippen molar-refractivity contribution in [3.05, 3.63) is 97.4 Å². The summed E-state index contributed by atoms with van der Waals surface area (Å²) in [5.41, 5.74) is 6.55. The summed E-state index contributed by atoms with van der Waals surface area (Å²) in [4.78, 5) is 20.9. The predicted octanol–water partition coefficient (Wildman–Crippen LogP) is 6.47. The lowest BCUT2D eigenvalue weighted by molar-refractivity contribution is 0.356. The predicted molar refractivity (Wildman–Crippen MR) is 152 cm³/mol. The van der Waals surface area contributed by atoms with Crippen LogP contribution < -0.4 is 5.32 Å². The minimum Gasteiger partial charge on any atom is -0.359 e. The summed E-state index contributed by atoms with van der Waals surface area (Å²) >= 11 is 0. The first kappa shape index (κ1) is 24.4. The van der Waals surface area contributed by atoms with Gasteiger partial charge >= 0.3 is 0 Å². The third-order valence-corrected chi connectivity index (χ3v) is 7.17. The molecule has 6 rings (SSSR count). The number of nitrogens with one attached hydrogen (secondary N) is 3. The molecule has 1 aliphatic rings. The average Bonchev–Trinajstić information content (AvgIpc) is 3.55. The highest BCUT2D eigenvalue weighted by Crippen LogP contribution is 2.34. The van der Waals surface area contributed by atoms with Crippen LogP contribution in [0.15, 0.2) is 85.9 Å². The molecular weight excluding hydrogens is 491 g/mol. The Bertz CT molecular complexity index is 1770. The molecule has 1 aliphatic carbocycles. The number of aromatic amines is 2. The van der Waals surface area contributed by atoms with E-state index in [-0.39, 0.29) is 5.69 Å². The Hall–Kier alpha value is -4.92. The first-order valence-electron chi connectivity index (χ1n) is 12.8. The molecule has 5 aromatic rings. The van der Waals surface area contributed by atoms with Crippen LogP contribution in [0.4, 0.5) is 4.39 Å². The van der Waals surface area contributed by atoms with Crippen molar-refractivity contribution in [2.24, 2.45) is 5.92 Å². The summed E-state index contributed by atoms with van der Waals surface area (Å²) in [6.07, 6.45) is 17.3. The van der Waals surface area contributed by atoms with E-state index in [0.29, 0.717) is 39.4 Å². The number of rotatable bonds is 8. The quantitative estimate of drug-likeness (QED) is 0.203. The van der Waals surface area contributed by atoms with Crippen molar-refractivity contribution in [1.82, 2.24) is 40.4 Å². The smallest absolute Gasteiger partial charge is 0.161 e. The summed E-state index contributed by atoms with van der Waals surface area (Å²) < 4.78 is 16.2. The zero-order chi connectivity index (χ0) is 26.9. The lowest BCUT2D eigenvalue weighted by atomic mass is 9.83. The van der Waals surface area contributed by atoms with Gasteiger partial charge in [-0.3, -0.25) is 20.1 Å². The van der Waals surface area contributed by atoms with Crippen LogP contribution in [0.1, 0.15) is 31.9 Å². The van der Waals surface area contributed by atoms with Crippen LogP contribution >= 0.6 is 0 Å². The highest BCUT2D eigenvalue weighted by molar-refractivity contribution is 5.97. The largest absolute Gasteiger partial charge is 0.359 e. The van der Waals surface area contributed by atoms with Crippen molar-refractivity contribution >= 4 is 27.5 Å². The van der Waals surface area contributed by atoms with Crippen LogP contribution in [-0.4, -0.2) is 35.1 Å². The monoisotopic (exact) mass is 518 g/mol. The lowest BCUT2D eigenvalue weighted by Gasteiger charge is -2.28. The second-order valence-corrected chi connectivity index (χ2v) is 9.51. The van der Waals surface area contributed by atoms with Crippen molar-refractivity contribution in [2.45, 2.75) is 26.2 Å². The van der Waals surface area contributed by atoms with Gasteiger partial charge in [0.1, 0.15) is 11.4 Å². The van der Waals surface area contributed by atoms with Crippen LogP contribution in [0.2, 0.25) is 0 Å². The molecule has 0 amide bonds. The van der Waals surface area contributed by atoms with Gasteiger partial charge in [0.05, 0.1) is 34.3 Å². The summed E-state index contributed by atoms with van der Waals surface area (Å²) in [6, 6.07) is 3.79. The zero-order valence-corrected chi connectivity index (χ0v) is 21.5. The number of aromatic nitrogens is 7. The highest BCUT2D eigenvalue weighted by Gasteiger charge is 2.23. The van der Waals surface area contributed by atoms with E-state index < -0.39 is 5.82 Å². The van der Waals surface area contributed by atoms with E-state index >= 15 is 4.39 Å². The maximum absolute atomic E-state index is 16.2. The molecule has 0 aromatic carbocycles. The van der Waals surface area contributed by atoms with E-state index in [1.807, 2.05) is 31.2 Å². The number of nitrogens with zero attached hydrogens (tertiary/aromatic N) is 5. The summed E-state index contributed by atoms with van der Waals surface area (Å²) in [5, 5.41) is 10.9. The molecule has 0 bridgehead atoms. The number of pyridine rings is 3. The number of imidazole rings is 1. The molecule has 5 aromatic heterocycles. The van der Waals surface area contributed by atoms with Crippen LogP contribution in [-0.2, 0) is 0 Å². The lowest BCUT2D eigenvalue weighted by Crippen LogP contribution is -2.23. The van der Waals surface area contributed by atoms with Crippen molar-refractivity contribution in [3.8, 4) is 22.6 Å². The van der Waals surface area contributed by atoms with E-state index in [1.54, 1.807) is 37.1 Å². The Morgan fingerprint density at radius 3 is 2.67 bits per heavy atom. The Labute approximate surface area is 224 Å². The van der Waals surface area contributed by atoms with Crippen molar-refractivity contribution in [3.63, 3.8) is 0 Å². The molecular formula is C30H27FN8. The SMILES string of the molecule is C=C/C(=C\C(=C/C)c1ncc2[nH]nc(-c3nc4c(-c5ccncc5)cncc4[nH]3)c2c1F)NC(=C)C1CCC1. The maximum atomic E-state index is 16.2. The van der Waals surface area contributed by atoms with E-state index in [1.165, 1.54) is 6.42 Å². The molecule has 194 valence electrons. The standard InChI is InChI=1S/C30H27FN8/c1-4-18(13-21(5-2)35-17(3)19-7-6-8-19)27-26(31)25-23(16-34-27)38-39-29(25)30-36-24-15-33-14-22(28(24)37-30)20-9-11-32-12-10-20/h4-5,9-16,19,35H,2-3,6-8H2,1H3,(H,36,37)(H,38,39)/b18-4+,21-13+. The van der Waals surface area contributed by atoms with Gasteiger partial charge in [0.25, 0.3) is 0 Å². The van der Waals surface area contributed by atoms with Crippen LogP contribution in [0.5, 0.6) is 0 Å². The third-order valence-electron chi connectivity index (χ3n) is 7.17. The number of H-pyrrole nitrogens is 2. The number of hydrogen-bond donors (Lipinski definition) is 3. The number of halogens is 1. The molecule has 39 heavy (non-hydrogen) atoms. The second-order valence-electron chi connectivity index (χ2n) is 9.51. The summed E-state index contributed by atoms with van der Waals surface area (Å²) in [5.74, 6) is 0.397. The van der Waals surface area contributed by atoms with Crippen LogP contribution in [0, 0.1) is 11.7 Å². The topological polar surface area (TPSA) is 108 Å². The molecule has 0 unspecified atom stereocenters. The molecule has 0 saturated heterocycles. The zero-order valence-electron chi connectivity index (χ0n) is 21.5. The first-order chi connectivity index (χ1) is 19.1. The van der Waals surface area contributed by atoms with Gasteiger partial charge in [-0.2, -0.15) is 5.10 Å². The van der Waals surface area contributed by atoms with Crippen molar-refractivity contribution < 1.29 is 4.39 Å². The second kappa shape index (κ2) is 10.1. The molecule has 9 heteroatoms. The van der Waals surface area contributed by atoms with Crippen molar-refractivity contribution in [1.29, 1.82) is 0 Å². The normalized spacial score (nSPS) is 14.5. The minimum absolute atomic E-state index is 0.207. The van der Waals surface area contributed by atoms with E-state index in [9.17, 15) is 0 Å². The van der Waals surface area contributed by atoms with Gasteiger partial charge in [-0.1, -0.05) is 25.7 Å². The van der Waals surface area contributed by atoms with Crippen LogP contribution in [0.25, 0.3) is 50.2 Å². The first-order valence-corrected chi connectivity index (χ1v) is 12.8. The van der Waals surface area contributed by atoms with E-state index in [4.69, 9.17) is 4.98 Å². The fourth-order valence-corrected chi connectivity index (χ4v) is 4.78. The molecule has 1 saturated carbocycles. The average molecular weight is 519 g/mol. The Kier molecular flexibility index (Phi) is 6.32. The Balaban J connectivity index is 1.41. The molecule has 0 aliphatic heterocycles. The maximum Gasteiger partial charge on any atom is 0.161 e. The fraction of sp³-hybridized carbons (Fsp3) is 0.167. The molecule has 0 spiro atoms. The van der Waals surface area contributed by atoms with Gasteiger partial charge in [0, 0.05) is 41.1 Å². The Morgan fingerprint density at radius 1 is 1.13 bits per heavy atom. The summed E-state index contributed by atoms with van der Waals surface area (Å²) in [7, 11) is 0. The molecule has 5 heterocycles. The molecule has 3 N–H and O–H groups in total. The fourth-order valence-electron chi connectivity index (χ4n) is 4.78. The Morgan fingerprint density at radius 2 is 1.95 bits per heavy atom. The van der Waals surface area contributed by atoms with Gasteiger partial charge in [0.2, 0.25) is 0 Å². The summed E-state index contributed by atoms with van der Waals surface area (Å²) in [6.45, 7) is 9.94. The highest BCUT2D eigenvalue weighted by atomic mass is 19.1. The molecule has 0 atom stereocenters. The van der Waals surface area contributed by atoms with Gasteiger partial charge in [-0.05, 0) is 55.5 Å². The third kappa shape index (κ3) is 4.41. The number of allylic oxidation sites excluding steroid dienone is 5. The minimum atomic E-state index is -0.491. The van der Waals surface area contributed by atoms with E-state index in [2.05, 4.69) is 48.6 Å². The molecule has 1 fully saturated rings. The van der Waals surface area contributed by atoms with E-state index in [0.717, 1.165) is 40.9 Å². The van der Waals surface area contributed by atoms with Gasteiger partial charge in [-0.15, -0.1) is 0 Å². The van der Waals surface area contributed by atoms with Crippen molar-refractivity contribution in [2.75, 3.05) is 0 Å². The van der Waals surface area contributed by atoms with Gasteiger partial charge in [0.15, 0.2) is 11.6 Å². The van der Waals surface area contributed by atoms with Gasteiger partial charge < -0.3 is 10.3 Å².